The maximum absolute atomic E-state index is 11.1. The average Bonchev–Trinajstić information content (AvgIpc) is 2.32. The van der Waals surface area contributed by atoms with Crippen molar-refractivity contribution in [3.05, 3.63) is 0 Å². The van der Waals surface area contributed by atoms with Gasteiger partial charge < -0.3 is 10.0 Å². The van der Waals surface area contributed by atoms with Gasteiger partial charge in [-0.05, 0) is 43.9 Å². The van der Waals surface area contributed by atoms with Gasteiger partial charge in [0.15, 0.2) is 5.12 Å². The van der Waals surface area contributed by atoms with Crippen LogP contribution in [0.4, 0.5) is 4.79 Å². The van der Waals surface area contributed by atoms with Gasteiger partial charge in [0.1, 0.15) is 0 Å². The van der Waals surface area contributed by atoms with Crippen molar-refractivity contribution < 1.29 is 14.7 Å². The van der Waals surface area contributed by atoms with Crippen LogP contribution in [-0.2, 0) is 4.79 Å². The van der Waals surface area contributed by atoms with E-state index >= 15 is 0 Å². The minimum Gasteiger partial charge on any atom is -0.465 e. The molecule has 1 aliphatic carbocycles. The predicted octanol–water partition coefficient (Wildman–Crippen LogP) is 2.97. The highest BCUT2D eigenvalue weighted by Gasteiger charge is 2.39. The van der Waals surface area contributed by atoms with Crippen molar-refractivity contribution in [2.75, 3.05) is 13.1 Å². The number of carboxylic acid groups (broad SMARTS) is 1. The van der Waals surface area contributed by atoms with E-state index in [0.29, 0.717) is 23.8 Å². The quantitative estimate of drug-likeness (QED) is 0.796. The van der Waals surface area contributed by atoms with Crippen LogP contribution in [0.25, 0.3) is 0 Å². The lowest BCUT2D eigenvalue weighted by atomic mass is 9.68. The van der Waals surface area contributed by atoms with Gasteiger partial charge >= 0.3 is 6.09 Å². The minimum atomic E-state index is -0.786. The summed E-state index contributed by atoms with van der Waals surface area (Å²) < 4.78 is 0. The third kappa shape index (κ3) is 3.19. The standard InChI is InChI=1S/C13H21NO3S/c1-10(15)18-11-2-4-13(5-3-11)6-8-14(9-7-13)12(16)17/h11H,2-9H2,1H3,(H,16,17). The number of hydrogen-bond donors (Lipinski definition) is 1. The zero-order chi connectivity index (χ0) is 13.2. The maximum atomic E-state index is 11.1. The van der Waals surface area contributed by atoms with Gasteiger partial charge in [-0.15, -0.1) is 0 Å². The fraction of sp³-hybridized carbons (Fsp3) is 0.846. The molecule has 1 amide bonds. The molecule has 18 heavy (non-hydrogen) atoms. The first kappa shape index (κ1) is 13.7. The van der Waals surface area contributed by atoms with Crippen LogP contribution >= 0.6 is 11.8 Å². The van der Waals surface area contributed by atoms with E-state index in [0.717, 1.165) is 38.5 Å². The number of piperidine rings is 1. The van der Waals surface area contributed by atoms with Gasteiger partial charge in [0.2, 0.25) is 0 Å². The Hall–Kier alpha value is -0.710. The Morgan fingerprint density at radius 2 is 1.72 bits per heavy atom. The Morgan fingerprint density at radius 1 is 1.17 bits per heavy atom. The summed E-state index contributed by atoms with van der Waals surface area (Å²) in [5.41, 5.74) is 0.361. The molecule has 1 heterocycles. The molecule has 0 aromatic carbocycles. The summed E-state index contributed by atoms with van der Waals surface area (Å²) in [6.07, 6.45) is 5.74. The van der Waals surface area contributed by atoms with Crippen molar-refractivity contribution in [1.29, 1.82) is 0 Å². The molecule has 1 saturated carbocycles. The van der Waals surface area contributed by atoms with Gasteiger partial charge in [0.25, 0.3) is 0 Å². The fourth-order valence-corrected chi connectivity index (χ4v) is 4.17. The molecule has 0 radical (unpaired) electrons. The van der Waals surface area contributed by atoms with Gasteiger partial charge in [-0.1, -0.05) is 11.8 Å². The topological polar surface area (TPSA) is 57.6 Å². The molecule has 1 saturated heterocycles. The molecular formula is C13H21NO3S. The lowest BCUT2D eigenvalue weighted by molar-refractivity contribution is -0.109. The molecule has 2 fully saturated rings. The largest absolute Gasteiger partial charge is 0.465 e. The zero-order valence-corrected chi connectivity index (χ0v) is 11.7. The van der Waals surface area contributed by atoms with Crippen LogP contribution in [-0.4, -0.2) is 39.6 Å². The Kier molecular flexibility index (Phi) is 4.20. The third-order valence-corrected chi connectivity index (χ3v) is 5.56. The van der Waals surface area contributed by atoms with Crippen LogP contribution in [0.1, 0.15) is 45.4 Å². The van der Waals surface area contributed by atoms with E-state index < -0.39 is 6.09 Å². The first-order chi connectivity index (χ1) is 8.51. The molecule has 1 N–H and O–H groups in total. The third-order valence-electron chi connectivity index (χ3n) is 4.42. The van der Waals surface area contributed by atoms with E-state index in [1.807, 2.05) is 0 Å². The lowest BCUT2D eigenvalue weighted by Crippen LogP contribution is -2.44. The molecule has 0 aromatic heterocycles. The van der Waals surface area contributed by atoms with Gasteiger partial charge in [0.05, 0.1) is 0 Å². The van der Waals surface area contributed by atoms with Gasteiger partial charge in [-0.25, -0.2) is 4.79 Å². The van der Waals surface area contributed by atoms with Gasteiger partial charge in [-0.3, -0.25) is 4.79 Å². The van der Waals surface area contributed by atoms with E-state index in [4.69, 9.17) is 5.11 Å². The van der Waals surface area contributed by atoms with Crippen molar-refractivity contribution in [1.82, 2.24) is 4.90 Å². The molecule has 1 aliphatic heterocycles. The molecular weight excluding hydrogens is 250 g/mol. The van der Waals surface area contributed by atoms with Gasteiger partial charge in [0, 0.05) is 25.3 Å². The van der Waals surface area contributed by atoms with E-state index in [1.54, 1.807) is 6.92 Å². The predicted molar refractivity (Wildman–Crippen MR) is 71.8 cm³/mol. The summed E-state index contributed by atoms with van der Waals surface area (Å²) >= 11 is 1.48. The molecule has 0 aromatic rings. The Balaban J connectivity index is 1.82. The summed E-state index contributed by atoms with van der Waals surface area (Å²) in [6.45, 7) is 3.00. The highest BCUT2D eigenvalue weighted by atomic mass is 32.2. The summed E-state index contributed by atoms with van der Waals surface area (Å²) in [4.78, 5) is 23.5. The normalized spacial score (nSPS) is 24.2. The molecule has 0 atom stereocenters. The summed E-state index contributed by atoms with van der Waals surface area (Å²) in [5, 5.41) is 9.66. The highest BCUT2D eigenvalue weighted by molar-refractivity contribution is 8.14. The first-order valence-electron chi connectivity index (χ1n) is 6.66. The number of thioether (sulfide) groups is 1. The molecule has 0 bridgehead atoms. The molecule has 2 rings (SSSR count). The smallest absolute Gasteiger partial charge is 0.407 e. The fourth-order valence-electron chi connectivity index (χ4n) is 3.23. The molecule has 102 valence electrons. The summed E-state index contributed by atoms with van der Waals surface area (Å²) in [7, 11) is 0. The number of carbonyl (C=O) groups excluding carboxylic acids is 1. The lowest BCUT2D eigenvalue weighted by Gasteiger charge is -2.45. The second-order valence-electron chi connectivity index (χ2n) is 5.58. The van der Waals surface area contributed by atoms with Crippen LogP contribution in [0.5, 0.6) is 0 Å². The maximum Gasteiger partial charge on any atom is 0.407 e. The average molecular weight is 271 g/mol. The molecule has 5 heteroatoms. The van der Waals surface area contributed by atoms with Gasteiger partial charge in [-0.2, -0.15) is 0 Å². The van der Waals surface area contributed by atoms with Crippen LogP contribution in [0.2, 0.25) is 0 Å². The van der Waals surface area contributed by atoms with Crippen LogP contribution < -0.4 is 0 Å². The Labute approximate surface area is 112 Å². The zero-order valence-electron chi connectivity index (χ0n) is 10.9. The molecule has 0 unspecified atom stereocenters. The van der Waals surface area contributed by atoms with E-state index in [9.17, 15) is 9.59 Å². The summed E-state index contributed by atoms with van der Waals surface area (Å²) in [6, 6.07) is 0. The second kappa shape index (κ2) is 5.51. The van der Waals surface area contributed by atoms with Crippen molar-refractivity contribution in [2.24, 2.45) is 5.41 Å². The van der Waals surface area contributed by atoms with Crippen molar-refractivity contribution >= 4 is 23.0 Å². The van der Waals surface area contributed by atoms with Crippen LogP contribution in [0, 0.1) is 5.41 Å². The van der Waals surface area contributed by atoms with Crippen molar-refractivity contribution in [3.63, 3.8) is 0 Å². The Bertz CT molecular complexity index is 327. The highest BCUT2D eigenvalue weighted by Crippen LogP contribution is 2.46. The molecule has 1 spiro atoms. The number of amides is 1. The molecule has 4 nitrogen and oxygen atoms in total. The number of rotatable bonds is 1. The van der Waals surface area contributed by atoms with Crippen LogP contribution in [0.15, 0.2) is 0 Å². The first-order valence-corrected chi connectivity index (χ1v) is 7.54. The number of nitrogens with zero attached hydrogens (tertiary/aromatic N) is 1. The van der Waals surface area contributed by atoms with E-state index in [2.05, 4.69) is 0 Å². The number of likely N-dealkylation sites (tertiary alicyclic amines) is 1. The van der Waals surface area contributed by atoms with Crippen LogP contribution in [0.3, 0.4) is 0 Å². The van der Waals surface area contributed by atoms with Crippen molar-refractivity contribution in [3.8, 4) is 0 Å². The monoisotopic (exact) mass is 271 g/mol. The SMILES string of the molecule is CC(=O)SC1CCC2(CC1)CCN(C(=O)O)CC2. The number of hydrogen-bond acceptors (Lipinski definition) is 3. The Morgan fingerprint density at radius 3 is 2.17 bits per heavy atom. The minimum absolute atomic E-state index is 0.219. The van der Waals surface area contributed by atoms with Crippen molar-refractivity contribution in [2.45, 2.75) is 50.7 Å². The van der Waals surface area contributed by atoms with E-state index in [-0.39, 0.29) is 5.12 Å². The second-order valence-corrected chi connectivity index (χ2v) is 7.06. The van der Waals surface area contributed by atoms with E-state index in [1.165, 1.54) is 16.7 Å². The summed E-state index contributed by atoms with van der Waals surface area (Å²) in [5.74, 6) is 0. The molecule has 2 aliphatic rings. The number of carbonyl (C=O) groups is 2.